The first-order chi connectivity index (χ1) is 9.88. The molecule has 0 radical (unpaired) electrons. The molecule has 6 nitrogen and oxygen atoms in total. The summed E-state index contributed by atoms with van der Waals surface area (Å²) in [5, 5.41) is 10.9. The molecule has 1 fully saturated rings. The van der Waals surface area contributed by atoms with Gasteiger partial charge in [-0.15, -0.1) is 0 Å². The molecule has 0 N–H and O–H groups in total. The van der Waals surface area contributed by atoms with E-state index in [1.165, 1.54) is 12.1 Å². The van der Waals surface area contributed by atoms with Crippen LogP contribution in [0.3, 0.4) is 0 Å². The molecule has 1 aliphatic carbocycles. The number of nitro benzene ring substituents is 1. The van der Waals surface area contributed by atoms with Gasteiger partial charge in [0.2, 0.25) is 0 Å². The van der Waals surface area contributed by atoms with Crippen molar-refractivity contribution < 1.29 is 14.5 Å². The van der Waals surface area contributed by atoms with E-state index < -0.39 is 4.92 Å². The number of hydrogen-bond acceptors (Lipinski definition) is 4. The van der Waals surface area contributed by atoms with Crippen LogP contribution in [0, 0.1) is 17.0 Å². The van der Waals surface area contributed by atoms with Crippen LogP contribution in [0.2, 0.25) is 0 Å². The van der Waals surface area contributed by atoms with Gasteiger partial charge in [-0.2, -0.15) is 0 Å². The molecule has 0 spiro atoms. The Morgan fingerprint density at radius 1 is 1.29 bits per heavy atom. The summed E-state index contributed by atoms with van der Waals surface area (Å²) in [7, 11) is 1.69. The van der Waals surface area contributed by atoms with Crippen molar-refractivity contribution >= 4 is 17.4 Å². The monoisotopic (exact) mass is 290 g/mol. The lowest BCUT2D eigenvalue weighted by Gasteiger charge is -2.30. The number of rotatable bonds is 3. The average Bonchev–Trinajstić information content (AvgIpc) is 2.45. The molecular weight excluding hydrogens is 272 g/mol. The standard InChI is InChI=1S/C15H18N2O4/c1-10-7-11(9-13(8-10)17(20)21)15(19)16(2)12-3-5-14(18)6-4-12/h7-9,12H,3-6H2,1-2H3. The lowest BCUT2D eigenvalue weighted by molar-refractivity contribution is -0.384. The summed E-state index contributed by atoms with van der Waals surface area (Å²) in [5.41, 5.74) is 0.923. The number of carbonyl (C=O) groups excluding carboxylic acids is 2. The first kappa shape index (κ1) is 15.2. The van der Waals surface area contributed by atoms with Crippen LogP contribution >= 0.6 is 0 Å². The van der Waals surface area contributed by atoms with Crippen LogP contribution in [-0.4, -0.2) is 34.6 Å². The minimum Gasteiger partial charge on any atom is -0.339 e. The van der Waals surface area contributed by atoms with Gasteiger partial charge in [-0.25, -0.2) is 0 Å². The average molecular weight is 290 g/mol. The van der Waals surface area contributed by atoms with Crippen molar-refractivity contribution in [2.45, 2.75) is 38.6 Å². The third kappa shape index (κ3) is 3.45. The molecule has 0 aromatic heterocycles. The summed E-state index contributed by atoms with van der Waals surface area (Å²) in [6.07, 6.45) is 2.32. The van der Waals surface area contributed by atoms with Crippen molar-refractivity contribution in [2.24, 2.45) is 0 Å². The van der Waals surface area contributed by atoms with Gasteiger partial charge < -0.3 is 4.90 Å². The van der Waals surface area contributed by atoms with E-state index in [2.05, 4.69) is 0 Å². The molecule has 1 aromatic rings. The van der Waals surface area contributed by atoms with Crippen LogP contribution in [0.5, 0.6) is 0 Å². The summed E-state index contributed by atoms with van der Waals surface area (Å²) >= 11 is 0. The molecule has 0 aliphatic heterocycles. The third-order valence-electron chi connectivity index (χ3n) is 3.90. The summed E-state index contributed by atoms with van der Waals surface area (Å²) in [6, 6.07) is 4.42. The van der Waals surface area contributed by atoms with E-state index >= 15 is 0 Å². The minimum absolute atomic E-state index is 0.0229. The van der Waals surface area contributed by atoms with E-state index in [1.807, 2.05) is 0 Å². The van der Waals surface area contributed by atoms with Gasteiger partial charge in [0.1, 0.15) is 5.78 Å². The van der Waals surface area contributed by atoms with Crippen molar-refractivity contribution in [3.63, 3.8) is 0 Å². The highest BCUT2D eigenvalue weighted by Crippen LogP contribution is 2.23. The smallest absolute Gasteiger partial charge is 0.270 e. The van der Waals surface area contributed by atoms with Gasteiger partial charge in [-0.05, 0) is 31.4 Å². The molecule has 1 aromatic carbocycles. The molecule has 0 unspecified atom stereocenters. The van der Waals surface area contributed by atoms with Crippen LogP contribution < -0.4 is 0 Å². The summed E-state index contributed by atoms with van der Waals surface area (Å²) < 4.78 is 0. The molecule has 6 heteroatoms. The van der Waals surface area contributed by atoms with Crippen LogP contribution in [0.1, 0.15) is 41.6 Å². The van der Waals surface area contributed by atoms with Gasteiger partial charge in [0.15, 0.2) is 0 Å². The van der Waals surface area contributed by atoms with Crippen molar-refractivity contribution in [2.75, 3.05) is 7.05 Å². The molecule has 1 aliphatic rings. The maximum absolute atomic E-state index is 12.5. The zero-order valence-electron chi connectivity index (χ0n) is 12.2. The molecule has 0 bridgehead atoms. The SMILES string of the molecule is Cc1cc(C(=O)N(C)C2CCC(=O)CC2)cc([N+](=O)[O-])c1. The van der Waals surface area contributed by atoms with Gasteiger partial charge in [-0.3, -0.25) is 19.7 Å². The second kappa shape index (κ2) is 6.03. The van der Waals surface area contributed by atoms with E-state index in [0.717, 1.165) is 0 Å². The highest BCUT2D eigenvalue weighted by atomic mass is 16.6. The Morgan fingerprint density at radius 3 is 2.48 bits per heavy atom. The molecule has 112 valence electrons. The van der Waals surface area contributed by atoms with E-state index in [1.54, 1.807) is 24.9 Å². The van der Waals surface area contributed by atoms with Crippen LogP contribution in [0.25, 0.3) is 0 Å². The Labute approximate surface area is 122 Å². The number of hydrogen-bond donors (Lipinski definition) is 0. The number of ketones is 1. The zero-order chi connectivity index (χ0) is 15.6. The molecule has 2 rings (SSSR count). The third-order valence-corrected chi connectivity index (χ3v) is 3.90. The number of benzene rings is 1. The van der Waals surface area contributed by atoms with Crippen LogP contribution in [0.15, 0.2) is 18.2 Å². The fourth-order valence-electron chi connectivity index (χ4n) is 2.67. The second-order valence-electron chi connectivity index (χ2n) is 5.50. The number of non-ortho nitro benzene ring substituents is 1. The molecule has 0 heterocycles. The van der Waals surface area contributed by atoms with Crippen molar-refractivity contribution in [1.29, 1.82) is 0 Å². The van der Waals surface area contributed by atoms with Crippen molar-refractivity contribution in [3.05, 3.63) is 39.4 Å². The van der Waals surface area contributed by atoms with Gasteiger partial charge in [0, 0.05) is 43.6 Å². The van der Waals surface area contributed by atoms with E-state index in [-0.39, 0.29) is 23.4 Å². The Kier molecular flexibility index (Phi) is 4.35. The Balaban J connectivity index is 2.19. The van der Waals surface area contributed by atoms with Gasteiger partial charge in [0.05, 0.1) is 4.92 Å². The number of Topliss-reactive ketones (excluding diaryl/α,β-unsaturated/α-hetero) is 1. The van der Waals surface area contributed by atoms with Crippen LogP contribution in [-0.2, 0) is 4.79 Å². The van der Waals surface area contributed by atoms with Gasteiger partial charge in [-0.1, -0.05) is 0 Å². The van der Waals surface area contributed by atoms with Gasteiger partial charge >= 0.3 is 0 Å². The largest absolute Gasteiger partial charge is 0.339 e. The van der Waals surface area contributed by atoms with Crippen molar-refractivity contribution in [1.82, 2.24) is 4.90 Å². The highest BCUT2D eigenvalue weighted by Gasteiger charge is 2.26. The minimum atomic E-state index is -0.497. The summed E-state index contributed by atoms with van der Waals surface area (Å²) in [5.74, 6) is -0.000517. The van der Waals surface area contributed by atoms with Crippen LogP contribution in [0.4, 0.5) is 5.69 Å². The molecule has 0 atom stereocenters. The highest BCUT2D eigenvalue weighted by molar-refractivity contribution is 5.95. The fraction of sp³-hybridized carbons (Fsp3) is 0.467. The van der Waals surface area contributed by atoms with Gasteiger partial charge in [0.25, 0.3) is 11.6 Å². The number of amides is 1. The zero-order valence-corrected chi connectivity index (χ0v) is 12.2. The first-order valence-electron chi connectivity index (χ1n) is 6.93. The lowest BCUT2D eigenvalue weighted by atomic mass is 9.93. The maximum Gasteiger partial charge on any atom is 0.270 e. The first-order valence-corrected chi connectivity index (χ1v) is 6.93. The Morgan fingerprint density at radius 2 is 1.90 bits per heavy atom. The maximum atomic E-state index is 12.5. The lowest BCUT2D eigenvalue weighted by Crippen LogP contribution is -2.39. The van der Waals surface area contributed by atoms with E-state index in [0.29, 0.717) is 36.8 Å². The number of aryl methyl sites for hydroxylation is 1. The molecule has 0 saturated heterocycles. The summed E-state index contributed by atoms with van der Waals surface area (Å²) in [6.45, 7) is 1.73. The number of carbonyl (C=O) groups is 2. The molecule has 21 heavy (non-hydrogen) atoms. The quantitative estimate of drug-likeness (QED) is 0.632. The number of nitro groups is 1. The predicted octanol–water partition coefficient (Wildman–Crippen LogP) is 2.49. The van der Waals surface area contributed by atoms with Crippen molar-refractivity contribution in [3.8, 4) is 0 Å². The second-order valence-corrected chi connectivity index (χ2v) is 5.50. The van der Waals surface area contributed by atoms with E-state index in [4.69, 9.17) is 0 Å². The fourth-order valence-corrected chi connectivity index (χ4v) is 2.67. The Bertz CT molecular complexity index is 587. The Hall–Kier alpha value is -2.24. The molecule has 1 amide bonds. The molecular formula is C15H18N2O4. The normalized spacial score (nSPS) is 15.8. The topological polar surface area (TPSA) is 80.5 Å². The summed E-state index contributed by atoms with van der Waals surface area (Å²) in [4.78, 5) is 35.7. The van der Waals surface area contributed by atoms with E-state index in [9.17, 15) is 19.7 Å². The number of nitrogens with zero attached hydrogens (tertiary/aromatic N) is 2. The molecule has 1 saturated carbocycles. The predicted molar refractivity (Wildman–Crippen MR) is 77.2 cm³/mol.